The van der Waals surface area contributed by atoms with Crippen molar-refractivity contribution in [3.05, 3.63) is 144 Å². The van der Waals surface area contributed by atoms with E-state index in [4.69, 9.17) is 23.7 Å². The largest absolute Gasteiger partial charge is 0.374 e. The van der Waals surface area contributed by atoms with Crippen LogP contribution in [0.2, 0.25) is 0 Å². The summed E-state index contributed by atoms with van der Waals surface area (Å²) in [5.74, 6) is 0. The van der Waals surface area contributed by atoms with Crippen LogP contribution in [0.4, 0.5) is 0 Å². The fourth-order valence-electron chi connectivity index (χ4n) is 4.75. The Morgan fingerprint density at radius 3 is 1.48 bits per heavy atom. The van der Waals surface area contributed by atoms with Crippen molar-refractivity contribution in [2.24, 2.45) is 0 Å². The van der Waals surface area contributed by atoms with Crippen molar-refractivity contribution >= 4 is 0 Å². The van der Waals surface area contributed by atoms with Crippen LogP contribution in [0.3, 0.4) is 0 Å². The van der Waals surface area contributed by atoms with Gasteiger partial charge in [-0.15, -0.1) is 0 Å². The summed E-state index contributed by atoms with van der Waals surface area (Å²) >= 11 is 0. The zero-order chi connectivity index (χ0) is 27.4. The first-order valence-corrected chi connectivity index (χ1v) is 13.7. The SMILES string of the molecule is O[C@@H]1O[C@@H](C(COCc2ccccc2)OCc2ccccc2)[C@H](OCc2ccccc2)[C@H]1OCc1ccccc1. The van der Waals surface area contributed by atoms with Gasteiger partial charge >= 0.3 is 0 Å². The standard InChI is InChI=1S/C34H36O6/c35-34-33(39-24-29-19-11-4-12-20-29)32(38-23-28-17-9-3-10-18-28)31(40-34)30(37-22-27-15-7-2-8-16-27)25-36-21-26-13-5-1-6-14-26/h1-20,30-35H,21-25H2/t30?,31-,32-,33+,34+/m0/s1. The third-order valence-electron chi connectivity index (χ3n) is 6.86. The molecule has 0 bridgehead atoms. The summed E-state index contributed by atoms with van der Waals surface area (Å²) in [6.45, 7) is 1.74. The average molecular weight is 541 g/mol. The molecule has 0 aromatic heterocycles. The molecule has 1 unspecified atom stereocenters. The van der Waals surface area contributed by atoms with Crippen molar-refractivity contribution in [3.8, 4) is 0 Å². The van der Waals surface area contributed by atoms with Crippen LogP contribution in [-0.4, -0.2) is 42.4 Å². The number of aliphatic hydroxyl groups is 1. The van der Waals surface area contributed by atoms with Gasteiger partial charge in [0.25, 0.3) is 0 Å². The molecule has 1 saturated heterocycles. The lowest BCUT2D eigenvalue weighted by Gasteiger charge is -2.29. The maximum atomic E-state index is 11.0. The van der Waals surface area contributed by atoms with Gasteiger partial charge in [0, 0.05) is 0 Å². The molecule has 208 valence electrons. The zero-order valence-corrected chi connectivity index (χ0v) is 22.5. The average Bonchev–Trinajstić information content (AvgIpc) is 3.33. The van der Waals surface area contributed by atoms with Gasteiger partial charge in [-0.1, -0.05) is 121 Å². The van der Waals surface area contributed by atoms with E-state index in [-0.39, 0.29) is 6.61 Å². The maximum Gasteiger partial charge on any atom is 0.184 e. The van der Waals surface area contributed by atoms with Gasteiger partial charge in [-0.2, -0.15) is 0 Å². The van der Waals surface area contributed by atoms with Crippen molar-refractivity contribution in [2.45, 2.75) is 57.1 Å². The smallest absolute Gasteiger partial charge is 0.184 e. The summed E-state index contributed by atoms with van der Waals surface area (Å²) < 4.78 is 31.3. The number of hydrogen-bond acceptors (Lipinski definition) is 6. The fourth-order valence-corrected chi connectivity index (χ4v) is 4.75. The molecule has 0 aliphatic carbocycles. The predicted molar refractivity (Wildman–Crippen MR) is 152 cm³/mol. The lowest BCUT2D eigenvalue weighted by Crippen LogP contribution is -2.45. The van der Waals surface area contributed by atoms with E-state index >= 15 is 0 Å². The molecule has 1 heterocycles. The van der Waals surface area contributed by atoms with Crippen molar-refractivity contribution in [1.29, 1.82) is 0 Å². The van der Waals surface area contributed by atoms with Gasteiger partial charge in [-0.3, -0.25) is 0 Å². The third-order valence-corrected chi connectivity index (χ3v) is 6.86. The molecule has 4 aromatic rings. The van der Waals surface area contributed by atoms with E-state index in [0.717, 1.165) is 22.3 Å². The highest BCUT2D eigenvalue weighted by Crippen LogP contribution is 2.31. The minimum Gasteiger partial charge on any atom is -0.374 e. The number of hydrogen-bond donors (Lipinski definition) is 1. The second kappa shape index (κ2) is 14.9. The van der Waals surface area contributed by atoms with Gasteiger partial charge in [0.15, 0.2) is 6.29 Å². The highest BCUT2D eigenvalue weighted by atomic mass is 16.7. The van der Waals surface area contributed by atoms with E-state index in [1.807, 2.05) is 121 Å². The highest BCUT2D eigenvalue weighted by molar-refractivity contribution is 5.16. The summed E-state index contributed by atoms with van der Waals surface area (Å²) in [7, 11) is 0. The maximum absolute atomic E-state index is 11.0. The lowest BCUT2D eigenvalue weighted by molar-refractivity contribution is -0.174. The molecular formula is C34H36O6. The molecule has 1 N–H and O–H groups in total. The van der Waals surface area contributed by atoms with Crippen LogP contribution in [0.5, 0.6) is 0 Å². The second-order valence-corrected chi connectivity index (χ2v) is 9.85. The van der Waals surface area contributed by atoms with Crippen LogP contribution in [-0.2, 0) is 50.1 Å². The molecule has 0 radical (unpaired) electrons. The van der Waals surface area contributed by atoms with Gasteiger partial charge in [-0.05, 0) is 22.3 Å². The predicted octanol–water partition coefficient (Wildman–Crippen LogP) is 5.68. The van der Waals surface area contributed by atoms with Crippen LogP contribution in [0, 0.1) is 0 Å². The summed E-state index contributed by atoms with van der Waals surface area (Å²) in [6, 6.07) is 39.8. The fraction of sp³-hybridized carbons (Fsp3) is 0.294. The Morgan fingerprint density at radius 2 is 0.975 bits per heavy atom. The molecule has 1 aliphatic heterocycles. The zero-order valence-electron chi connectivity index (χ0n) is 22.5. The van der Waals surface area contributed by atoms with Crippen LogP contribution >= 0.6 is 0 Å². The molecule has 4 aromatic carbocycles. The van der Waals surface area contributed by atoms with Gasteiger partial charge in [0.1, 0.15) is 24.4 Å². The minimum absolute atomic E-state index is 0.260. The van der Waals surface area contributed by atoms with Crippen LogP contribution < -0.4 is 0 Å². The first-order chi connectivity index (χ1) is 19.8. The quantitative estimate of drug-likeness (QED) is 0.222. The van der Waals surface area contributed by atoms with Crippen LogP contribution in [0.15, 0.2) is 121 Å². The molecule has 5 rings (SSSR count). The Hall–Kier alpha value is -3.36. The van der Waals surface area contributed by atoms with Crippen molar-refractivity contribution in [3.63, 3.8) is 0 Å². The second-order valence-electron chi connectivity index (χ2n) is 9.85. The van der Waals surface area contributed by atoms with Crippen molar-refractivity contribution in [2.75, 3.05) is 6.61 Å². The number of benzene rings is 4. The number of ether oxygens (including phenoxy) is 5. The molecule has 1 fully saturated rings. The molecule has 0 saturated carbocycles. The summed E-state index contributed by atoms with van der Waals surface area (Å²) in [5.41, 5.74) is 4.12. The van der Waals surface area contributed by atoms with Crippen LogP contribution in [0.25, 0.3) is 0 Å². The van der Waals surface area contributed by atoms with Crippen molar-refractivity contribution < 1.29 is 28.8 Å². The number of aliphatic hydroxyl groups excluding tert-OH is 1. The monoisotopic (exact) mass is 540 g/mol. The lowest BCUT2D eigenvalue weighted by atomic mass is 10.0. The molecule has 40 heavy (non-hydrogen) atoms. The van der Waals surface area contributed by atoms with Crippen LogP contribution in [0.1, 0.15) is 22.3 Å². The van der Waals surface area contributed by atoms with E-state index < -0.39 is 30.7 Å². The Bertz CT molecular complexity index is 1240. The van der Waals surface area contributed by atoms with Gasteiger partial charge in [-0.25, -0.2) is 0 Å². The molecule has 0 amide bonds. The summed E-state index contributed by atoms with van der Waals surface area (Å²) in [4.78, 5) is 0. The molecule has 0 spiro atoms. The molecule has 5 atom stereocenters. The molecule has 1 aliphatic rings. The third kappa shape index (κ3) is 8.08. The van der Waals surface area contributed by atoms with Gasteiger partial charge in [0.05, 0.1) is 33.0 Å². The van der Waals surface area contributed by atoms with E-state index in [9.17, 15) is 5.11 Å². The Morgan fingerprint density at radius 1 is 0.550 bits per heavy atom. The Balaban J connectivity index is 1.33. The van der Waals surface area contributed by atoms with E-state index in [1.165, 1.54) is 0 Å². The van der Waals surface area contributed by atoms with Gasteiger partial charge in [0.2, 0.25) is 0 Å². The minimum atomic E-state index is -1.17. The van der Waals surface area contributed by atoms with E-state index in [2.05, 4.69) is 0 Å². The summed E-state index contributed by atoms with van der Waals surface area (Å²) in [5, 5.41) is 11.0. The first-order valence-electron chi connectivity index (χ1n) is 13.7. The molecular weight excluding hydrogens is 504 g/mol. The topological polar surface area (TPSA) is 66.4 Å². The van der Waals surface area contributed by atoms with Crippen molar-refractivity contribution in [1.82, 2.24) is 0 Å². The molecule has 6 nitrogen and oxygen atoms in total. The Kier molecular flexibility index (Phi) is 10.5. The highest BCUT2D eigenvalue weighted by Gasteiger charge is 2.49. The molecule has 6 heteroatoms. The Labute approximate surface area is 236 Å². The van der Waals surface area contributed by atoms with Gasteiger partial charge < -0.3 is 28.8 Å². The summed E-state index contributed by atoms with van der Waals surface area (Å²) in [6.07, 6.45) is -3.58. The van der Waals surface area contributed by atoms with E-state index in [0.29, 0.717) is 26.4 Å². The van der Waals surface area contributed by atoms with E-state index in [1.54, 1.807) is 0 Å². The first kappa shape index (κ1) is 28.2. The number of rotatable bonds is 14. The normalized spacial score (nSPS) is 21.3.